The molecule has 4 heteroatoms. The van der Waals surface area contributed by atoms with Crippen molar-refractivity contribution >= 4 is 23.2 Å². The molecule has 0 fully saturated rings. The molecule has 0 aromatic heterocycles. The minimum absolute atomic E-state index is 0.475. The highest BCUT2D eigenvalue weighted by molar-refractivity contribution is 6.35. The van der Waals surface area contributed by atoms with Crippen LogP contribution in [0.3, 0.4) is 0 Å². The number of rotatable bonds is 4. The molecule has 0 unspecified atom stereocenters. The number of hydrogen-bond acceptors (Lipinski definition) is 2. The third-order valence-electron chi connectivity index (χ3n) is 1.56. The predicted octanol–water partition coefficient (Wildman–Crippen LogP) is 3.79. The Bertz CT molecular complexity index is 313. The molecule has 0 N–H and O–H groups in total. The molecular weight excluding hydrogens is 223 g/mol. The lowest BCUT2D eigenvalue weighted by Gasteiger charge is -2.12. The quantitative estimate of drug-likeness (QED) is 0.790. The van der Waals surface area contributed by atoms with Crippen molar-refractivity contribution in [3.05, 3.63) is 22.2 Å². The van der Waals surface area contributed by atoms with E-state index < -0.39 is 0 Å². The first-order chi connectivity index (χ1) is 6.69. The molecule has 0 amide bonds. The van der Waals surface area contributed by atoms with Crippen molar-refractivity contribution in [2.24, 2.45) is 0 Å². The van der Waals surface area contributed by atoms with Gasteiger partial charge in [-0.05, 0) is 19.9 Å². The summed E-state index contributed by atoms with van der Waals surface area (Å²) in [5.41, 5.74) is 0. The number of benzene rings is 1. The SMILES string of the molecule is CCOc1cc(Cl)cc(Cl)c1OCC. The van der Waals surface area contributed by atoms with Crippen LogP contribution in [0.25, 0.3) is 0 Å². The fourth-order valence-corrected chi connectivity index (χ4v) is 1.61. The van der Waals surface area contributed by atoms with Crippen molar-refractivity contribution in [2.75, 3.05) is 13.2 Å². The van der Waals surface area contributed by atoms with Gasteiger partial charge >= 0.3 is 0 Å². The van der Waals surface area contributed by atoms with Crippen LogP contribution in [-0.4, -0.2) is 13.2 Å². The second kappa shape index (κ2) is 5.32. The van der Waals surface area contributed by atoms with Gasteiger partial charge in [0.05, 0.1) is 18.2 Å². The zero-order valence-electron chi connectivity index (χ0n) is 8.14. The molecule has 0 aliphatic carbocycles. The Hall–Kier alpha value is -0.600. The number of hydrogen-bond donors (Lipinski definition) is 0. The van der Waals surface area contributed by atoms with Gasteiger partial charge in [0.1, 0.15) is 0 Å². The van der Waals surface area contributed by atoms with E-state index >= 15 is 0 Å². The van der Waals surface area contributed by atoms with E-state index in [4.69, 9.17) is 32.7 Å². The predicted molar refractivity (Wildman–Crippen MR) is 58.8 cm³/mol. The summed E-state index contributed by atoms with van der Waals surface area (Å²) in [4.78, 5) is 0. The lowest BCUT2D eigenvalue weighted by molar-refractivity contribution is 0.288. The van der Waals surface area contributed by atoms with E-state index in [1.807, 2.05) is 13.8 Å². The van der Waals surface area contributed by atoms with E-state index in [0.717, 1.165) is 0 Å². The molecule has 0 aliphatic heterocycles. The van der Waals surface area contributed by atoms with Gasteiger partial charge in [-0.25, -0.2) is 0 Å². The topological polar surface area (TPSA) is 18.5 Å². The molecule has 0 spiro atoms. The van der Waals surface area contributed by atoms with Gasteiger partial charge in [-0.1, -0.05) is 23.2 Å². The Kier molecular flexibility index (Phi) is 4.36. The maximum atomic E-state index is 5.96. The van der Waals surface area contributed by atoms with Crippen LogP contribution in [-0.2, 0) is 0 Å². The molecule has 1 aromatic carbocycles. The molecule has 78 valence electrons. The Balaban J connectivity index is 3.07. The largest absolute Gasteiger partial charge is 0.490 e. The van der Waals surface area contributed by atoms with Crippen molar-refractivity contribution in [1.82, 2.24) is 0 Å². The summed E-state index contributed by atoms with van der Waals surface area (Å²) in [6, 6.07) is 3.33. The molecule has 0 bridgehead atoms. The van der Waals surface area contributed by atoms with Gasteiger partial charge in [0.25, 0.3) is 0 Å². The standard InChI is InChI=1S/C10H12Cl2O2/c1-3-13-9-6-7(11)5-8(12)10(9)14-4-2/h5-6H,3-4H2,1-2H3. The summed E-state index contributed by atoms with van der Waals surface area (Å²) in [6.45, 7) is 4.88. The van der Waals surface area contributed by atoms with E-state index in [2.05, 4.69) is 0 Å². The van der Waals surface area contributed by atoms with Crippen LogP contribution >= 0.6 is 23.2 Å². The molecule has 0 radical (unpaired) electrons. The van der Waals surface area contributed by atoms with Crippen LogP contribution < -0.4 is 9.47 Å². The van der Waals surface area contributed by atoms with Gasteiger partial charge in [0, 0.05) is 11.1 Å². The Morgan fingerprint density at radius 3 is 2.29 bits per heavy atom. The molecule has 0 saturated carbocycles. The maximum Gasteiger partial charge on any atom is 0.179 e. The Morgan fingerprint density at radius 1 is 1.07 bits per heavy atom. The van der Waals surface area contributed by atoms with Gasteiger partial charge < -0.3 is 9.47 Å². The Labute approximate surface area is 93.7 Å². The summed E-state index contributed by atoms with van der Waals surface area (Å²) in [6.07, 6.45) is 0. The third-order valence-corrected chi connectivity index (χ3v) is 2.06. The fraction of sp³-hybridized carbons (Fsp3) is 0.400. The molecular formula is C10H12Cl2O2. The van der Waals surface area contributed by atoms with Gasteiger partial charge in [-0.3, -0.25) is 0 Å². The van der Waals surface area contributed by atoms with Crippen molar-refractivity contribution in [2.45, 2.75) is 13.8 Å². The third kappa shape index (κ3) is 2.69. The number of halogens is 2. The van der Waals surface area contributed by atoms with E-state index in [9.17, 15) is 0 Å². The average molecular weight is 235 g/mol. The highest BCUT2D eigenvalue weighted by Crippen LogP contribution is 2.38. The highest BCUT2D eigenvalue weighted by atomic mass is 35.5. The van der Waals surface area contributed by atoms with E-state index in [1.54, 1.807) is 12.1 Å². The lowest BCUT2D eigenvalue weighted by atomic mass is 10.3. The second-order valence-electron chi connectivity index (χ2n) is 2.58. The summed E-state index contributed by atoms with van der Waals surface area (Å²) >= 11 is 11.8. The van der Waals surface area contributed by atoms with E-state index in [1.165, 1.54) is 0 Å². The zero-order chi connectivity index (χ0) is 10.6. The van der Waals surface area contributed by atoms with Crippen LogP contribution in [0.2, 0.25) is 10.0 Å². The molecule has 14 heavy (non-hydrogen) atoms. The second-order valence-corrected chi connectivity index (χ2v) is 3.42. The molecule has 1 aromatic rings. The van der Waals surface area contributed by atoms with Crippen LogP contribution in [0.4, 0.5) is 0 Å². The first-order valence-corrected chi connectivity index (χ1v) is 5.19. The van der Waals surface area contributed by atoms with Crippen LogP contribution in [0.5, 0.6) is 11.5 Å². The average Bonchev–Trinajstić information content (AvgIpc) is 2.11. The van der Waals surface area contributed by atoms with Gasteiger partial charge in [-0.15, -0.1) is 0 Å². The number of ether oxygens (including phenoxy) is 2. The van der Waals surface area contributed by atoms with E-state index in [0.29, 0.717) is 34.8 Å². The van der Waals surface area contributed by atoms with Crippen molar-refractivity contribution < 1.29 is 9.47 Å². The van der Waals surface area contributed by atoms with Crippen LogP contribution in [0, 0.1) is 0 Å². The molecule has 0 aliphatic rings. The smallest absolute Gasteiger partial charge is 0.179 e. The maximum absolute atomic E-state index is 5.96. The molecule has 0 saturated heterocycles. The molecule has 2 nitrogen and oxygen atoms in total. The van der Waals surface area contributed by atoms with Gasteiger partial charge in [0.2, 0.25) is 0 Å². The van der Waals surface area contributed by atoms with Gasteiger partial charge in [0.15, 0.2) is 11.5 Å². The minimum atomic E-state index is 0.475. The summed E-state index contributed by atoms with van der Waals surface area (Å²) in [7, 11) is 0. The zero-order valence-corrected chi connectivity index (χ0v) is 9.65. The summed E-state index contributed by atoms with van der Waals surface area (Å²) in [5.74, 6) is 1.15. The minimum Gasteiger partial charge on any atom is -0.490 e. The first kappa shape index (κ1) is 11.5. The van der Waals surface area contributed by atoms with Gasteiger partial charge in [-0.2, -0.15) is 0 Å². The van der Waals surface area contributed by atoms with Crippen molar-refractivity contribution in [3.63, 3.8) is 0 Å². The van der Waals surface area contributed by atoms with Crippen LogP contribution in [0.1, 0.15) is 13.8 Å². The van der Waals surface area contributed by atoms with Crippen molar-refractivity contribution in [1.29, 1.82) is 0 Å². The highest BCUT2D eigenvalue weighted by Gasteiger charge is 2.10. The van der Waals surface area contributed by atoms with Crippen molar-refractivity contribution in [3.8, 4) is 11.5 Å². The lowest BCUT2D eigenvalue weighted by Crippen LogP contribution is -1.98. The molecule has 1 rings (SSSR count). The fourth-order valence-electron chi connectivity index (χ4n) is 1.08. The molecule has 0 heterocycles. The van der Waals surface area contributed by atoms with Crippen LogP contribution in [0.15, 0.2) is 12.1 Å². The molecule has 0 atom stereocenters. The first-order valence-electron chi connectivity index (χ1n) is 4.43. The normalized spacial score (nSPS) is 10.0. The van der Waals surface area contributed by atoms with E-state index in [-0.39, 0.29) is 0 Å². The summed E-state index contributed by atoms with van der Waals surface area (Å²) < 4.78 is 10.7. The monoisotopic (exact) mass is 234 g/mol. The Morgan fingerprint density at radius 2 is 1.71 bits per heavy atom. The summed E-state index contributed by atoms with van der Waals surface area (Å²) in [5, 5.41) is 1.02.